The second-order valence-corrected chi connectivity index (χ2v) is 5.48. The number of aliphatic hydroxyl groups excluding tert-OH is 1. The topological polar surface area (TPSA) is 90.8 Å². The van der Waals surface area contributed by atoms with Gasteiger partial charge in [0.25, 0.3) is 0 Å². The first-order chi connectivity index (χ1) is 9.23. The average Bonchev–Trinajstić information content (AvgIpc) is 2.29. The highest BCUT2D eigenvalue weighted by Crippen LogP contribution is 2.27. The number of phenols is 1. The number of carbonyl (C=O) groups excluding carboxylic acids is 1. The van der Waals surface area contributed by atoms with Gasteiger partial charge in [-0.15, -0.1) is 0 Å². The van der Waals surface area contributed by atoms with Gasteiger partial charge in [0.15, 0.2) is 0 Å². The maximum atomic E-state index is 11.6. The molecule has 0 spiro atoms. The van der Waals surface area contributed by atoms with Crippen LogP contribution in [0.1, 0.15) is 32.4 Å². The van der Waals surface area contributed by atoms with Crippen LogP contribution in [-0.4, -0.2) is 35.5 Å². The van der Waals surface area contributed by atoms with Crippen LogP contribution in [0.4, 0.5) is 10.5 Å². The Bertz CT molecular complexity index is 469. The van der Waals surface area contributed by atoms with Gasteiger partial charge in [0.05, 0.1) is 11.8 Å². The molecule has 0 aliphatic heterocycles. The van der Waals surface area contributed by atoms with Crippen LogP contribution in [-0.2, 0) is 4.74 Å². The highest BCUT2D eigenvalue weighted by Gasteiger charge is 2.17. The van der Waals surface area contributed by atoms with E-state index in [2.05, 4.69) is 10.6 Å². The molecule has 6 nitrogen and oxygen atoms in total. The number of benzene rings is 1. The Morgan fingerprint density at radius 2 is 2.05 bits per heavy atom. The fraction of sp³-hybridized carbons (Fsp3) is 0.500. The first-order valence-corrected chi connectivity index (χ1v) is 6.38. The predicted octanol–water partition coefficient (Wildman–Crippen LogP) is 1.99. The number of aliphatic hydroxyl groups is 1. The summed E-state index contributed by atoms with van der Waals surface area (Å²) in [7, 11) is 1.72. The SMILES string of the molecule is CNCC(O)c1ccc(NC(=O)OC(C)(C)C)c(O)c1. The molecule has 4 N–H and O–H groups in total. The molecular weight excluding hydrogens is 260 g/mol. The summed E-state index contributed by atoms with van der Waals surface area (Å²) in [5, 5.41) is 24.9. The van der Waals surface area contributed by atoms with E-state index in [1.807, 2.05) is 0 Å². The third kappa shape index (κ3) is 5.07. The molecule has 1 amide bonds. The van der Waals surface area contributed by atoms with Gasteiger partial charge >= 0.3 is 6.09 Å². The van der Waals surface area contributed by atoms with E-state index in [4.69, 9.17) is 4.74 Å². The van der Waals surface area contributed by atoms with Gasteiger partial charge in [-0.2, -0.15) is 0 Å². The zero-order chi connectivity index (χ0) is 15.3. The van der Waals surface area contributed by atoms with Gasteiger partial charge < -0.3 is 20.3 Å². The summed E-state index contributed by atoms with van der Waals surface area (Å²) in [6, 6.07) is 4.57. The van der Waals surface area contributed by atoms with Crippen molar-refractivity contribution in [3.05, 3.63) is 23.8 Å². The Labute approximate surface area is 118 Å². The molecule has 1 rings (SSSR count). The average molecular weight is 282 g/mol. The molecule has 0 radical (unpaired) electrons. The number of amides is 1. The second kappa shape index (κ2) is 6.58. The molecular formula is C14H22N2O4. The van der Waals surface area contributed by atoms with Gasteiger partial charge in [-0.3, -0.25) is 5.32 Å². The monoisotopic (exact) mass is 282 g/mol. The number of nitrogens with one attached hydrogen (secondary N) is 2. The molecule has 1 unspecified atom stereocenters. The summed E-state index contributed by atoms with van der Waals surface area (Å²) in [5.74, 6) is -0.122. The number of carbonyl (C=O) groups is 1. The number of rotatable bonds is 4. The van der Waals surface area contributed by atoms with Crippen molar-refractivity contribution < 1.29 is 19.7 Å². The Morgan fingerprint density at radius 1 is 1.40 bits per heavy atom. The maximum Gasteiger partial charge on any atom is 0.412 e. The summed E-state index contributed by atoms with van der Waals surface area (Å²) >= 11 is 0. The highest BCUT2D eigenvalue weighted by atomic mass is 16.6. The van der Waals surface area contributed by atoms with Crippen molar-refractivity contribution in [2.45, 2.75) is 32.5 Å². The standard InChI is InChI=1S/C14H22N2O4/c1-14(2,3)20-13(19)16-10-6-5-9(7-11(10)17)12(18)8-15-4/h5-7,12,15,17-18H,8H2,1-4H3,(H,16,19). The zero-order valence-electron chi connectivity index (χ0n) is 12.2. The molecule has 1 atom stereocenters. The van der Waals surface area contributed by atoms with E-state index in [0.717, 1.165) is 0 Å². The van der Waals surface area contributed by atoms with Gasteiger partial charge in [-0.05, 0) is 45.5 Å². The molecule has 20 heavy (non-hydrogen) atoms. The molecule has 0 saturated heterocycles. The number of phenolic OH excluding ortho intramolecular Hbond substituents is 1. The van der Waals surface area contributed by atoms with Crippen molar-refractivity contribution in [1.29, 1.82) is 0 Å². The Hall–Kier alpha value is -1.79. The molecule has 0 saturated carbocycles. The molecule has 0 aromatic heterocycles. The minimum atomic E-state index is -0.721. The van der Waals surface area contributed by atoms with Crippen molar-refractivity contribution in [2.75, 3.05) is 18.9 Å². The van der Waals surface area contributed by atoms with Gasteiger partial charge in [-0.25, -0.2) is 4.79 Å². The third-order valence-corrected chi connectivity index (χ3v) is 2.44. The van der Waals surface area contributed by atoms with E-state index in [1.165, 1.54) is 12.1 Å². The molecule has 1 aromatic rings. The predicted molar refractivity (Wildman–Crippen MR) is 76.9 cm³/mol. The molecule has 0 aliphatic rings. The van der Waals surface area contributed by atoms with E-state index >= 15 is 0 Å². The minimum absolute atomic E-state index is 0.122. The van der Waals surface area contributed by atoms with Crippen molar-refractivity contribution in [3.8, 4) is 5.75 Å². The molecule has 112 valence electrons. The number of ether oxygens (including phenoxy) is 1. The second-order valence-electron chi connectivity index (χ2n) is 5.48. The zero-order valence-corrected chi connectivity index (χ0v) is 12.2. The van der Waals surface area contributed by atoms with Crippen LogP contribution >= 0.6 is 0 Å². The Kier molecular flexibility index (Phi) is 5.35. The molecule has 0 heterocycles. The smallest absolute Gasteiger partial charge is 0.412 e. The number of aromatic hydroxyl groups is 1. The molecule has 0 fully saturated rings. The fourth-order valence-corrected chi connectivity index (χ4v) is 1.59. The lowest BCUT2D eigenvalue weighted by atomic mass is 10.1. The highest BCUT2D eigenvalue weighted by molar-refractivity contribution is 5.86. The first kappa shape index (κ1) is 16.3. The van der Waals surface area contributed by atoms with Gasteiger partial charge in [0.1, 0.15) is 11.4 Å². The van der Waals surface area contributed by atoms with E-state index in [1.54, 1.807) is 33.9 Å². The maximum absolute atomic E-state index is 11.6. The van der Waals surface area contributed by atoms with Crippen molar-refractivity contribution in [3.63, 3.8) is 0 Å². The van der Waals surface area contributed by atoms with E-state index in [0.29, 0.717) is 12.1 Å². The number of hydrogen-bond acceptors (Lipinski definition) is 5. The first-order valence-electron chi connectivity index (χ1n) is 6.38. The Balaban J connectivity index is 2.76. The van der Waals surface area contributed by atoms with E-state index in [9.17, 15) is 15.0 Å². The Morgan fingerprint density at radius 3 is 2.55 bits per heavy atom. The number of anilines is 1. The van der Waals surface area contributed by atoms with Crippen LogP contribution in [0, 0.1) is 0 Å². The lowest BCUT2D eigenvalue weighted by Gasteiger charge is -2.20. The third-order valence-electron chi connectivity index (χ3n) is 2.44. The van der Waals surface area contributed by atoms with Crippen LogP contribution in [0.2, 0.25) is 0 Å². The fourth-order valence-electron chi connectivity index (χ4n) is 1.59. The van der Waals surface area contributed by atoms with E-state index in [-0.39, 0.29) is 11.4 Å². The molecule has 0 bridgehead atoms. The molecule has 0 aliphatic carbocycles. The summed E-state index contributed by atoms with van der Waals surface area (Å²) in [6.45, 7) is 5.63. The van der Waals surface area contributed by atoms with Crippen molar-refractivity contribution >= 4 is 11.8 Å². The lowest BCUT2D eigenvalue weighted by molar-refractivity contribution is 0.0635. The van der Waals surface area contributed by atoms with Crippen LogP contribution in [0.5, 0.6) is 5.75 Å². The number of likely N-dealkylation sites (N-methyl/N-ethyl adjacent to an activating group) is 1. The molecule has 6 heteroatoms. The van der Waals surface area contributed by atoms with Crippen LogP contribution in [0.15, 0.2) is 18.2 Å². The normalized spacial score (nSPS) is 12.8. The van der Waals surface area contributed by atoms with Crippen molar-refractivity contribution in [1.82, 2.24) is 5.32 Å². The van der Waals surface area contributed by atoms with Crippen LogP contribution in [0.3, 0.4) is 0 Å². The van der Waals surface area contributed by atoms with Crippen LogP contribution in [0.25, 0.3) is 0 Å². The van der Waals surface area contributed by atoms with Gasteiger partial charge in [0, 0.05) is 6.54 Å². The summed E-state index contributed by atoms with van der Waals surface area (Å²) in [4.78, 5) is 11.6. The number of hydrogen-bond donors (Lipinski definition) is 4. The lowest BCUT2D eigenvalue weighted by Crippen LogP contribution is -2.27. The summed E-state index contributed by atoms with van der Waals surface area (Å²) in [5.41, 5.74) is 0.189. The quantitative estimate of drug-likeness (QED) is 0.634. The van der Waals surface area contributed by atoms with Gasteiger partial charge in [0.2, 0.25) is 0 Å². The largest absolute Gasteiger partial charge is 0.506 e. The van der Waals surface area contributed by atoms with Crippen LogP contribution < -0.4 is 10.6 Å². The summed E-state index contributed by atoms with van der Waals surface area (Å²) in [6.07, 6.45) is -1.36. The van der Waals surface area contributed by atoms with Gasteiger partial charge in [-0.1, -0.05) is 6.07 Å². The minimum Gasteiger partial charge on any atom is -0.506 e. The van der Waals surface area contributed by atoms with E-state index < -0.39 is 17.8 Å². The molecule has 1 aromatic carbocycles. The van der Waals surface area contributed by atoms with Crippen molar-refractivity contribution in [2.24, 2.45) is 0 Å². The summed E-state index contributed by atoms with van der Waals surface area (Å²) < 4.78 is 5.09.